The number of carboxylic acid groups (broad SMARTS) is 1. The van der Waals surface area contributed by atoms with Crippen LogP contribution >= 0.6 is 15.9 Å². The second kappa shape index (κ2) is 6.57. The summed E-state index contributed by atoms with van der Waals surface area (Å²) in [6, 6.07) is 2.97. The summed E-state index contributed by atoms with van der Waals surface area (Å²) in [6.07, 6.45) is 3.95. The van der Waals surface area contributed by atoms with E-state index in [4.69, 9.17) is 4.42 Å². The summed E-state index contributed by atoms with van der Waals surface area (Å²) in [5, 5.41) is 11.0. The molecule has 1 aliphatic carbocycles. The standard InChI is InChI=1S/C13H13BrN2O5/c14-10-6-5-9(21-10)12(18)16-15-11(17)7-3-1-2-4-8(7)13(19)20/h1-2,5-8H,3-4H2,(H,15,17)(H,16,18)(H,19,20)/p-1/t7-,8+/m0/s1. The van der Waals surface area contributed by atoms with Crippen LogP contribution in [0.5, 0.6) is 0 Å². The lowest BCUT2D eigenvalue weighted by Gasteiger charge is -2.28. The van der Waals surface area contributed by atoms with Crippen LogP contribution in [-0.4, -0.2) is 17.8 Å². The van der Waals surface area contributed by atoms with Gasteiger partial charge >= 0.3 is 5.91 Å². The number of amides is 2. The second-order valence-corrected chi connectivity index (χ2v) is 5.30. The van der Waals surface area contributed by atoms with Crippen LogP contribution < -0.4 is 16.0 Å². The Bertz CT molecular complexity index is 595. The zero-order valence-corrected chi connectivity index (χ0v) is 12.4. The normalized spacial score (nSPS) is 20.8. The molecule has 1 heterocycles. The lowest BCUT2D eigenvalue weighted by atomic mass is 9.82. The molecule has 2 amide bonds. The molecule has 0 radical (unpaired) electrons. The van der Waals surface area contributed by atoms with Gasteiger partial charge in [0.25, 0.3) is 0 Å². The van der Waals surface area contributed by atoms with Crippen LogP contribution in [-0.2, 0) is 9.59 Å². The highest BCUT2D eigenvalue weighted by Gasteiger charge is 2.30. The van der Waals surface area contributed by atoms with E-state index in [-0.39, 0.29) is 18.6 Å². The number of nitrogens with one attached hydrogen (secondary N) is 2. The Labute approximate surface area is 128 Å². The molecule has 0 bridgehead atoms. The molecule has 1 aromatic rings. The average Bonchev–Trinajstić information content (AvgIpc) is 2.91. The Morgan fingerprint density at radius 2 is 1.81 bits per heavy atom. The number of hydrazine groups is 1. The van der Waals surface area contributed by atoms with E-state index in [9.17, 15) is 19.5 Å². The summed E-state index contributed by atoms with van der Waals surface area (Å²) in [5.74, 6) is -4.14. The summed E-state index contributed by atoms with van der Waals surface area (Å²) >= 11 is 3.05. The number of rotatable bonds is 3. The largest absolute Gasteiger partial charge is 0.550 e. The van der Waals surface area contributed by atoms with Gasteiger partial charge < -0.3 is 14.3 Å². The zero-order chi connectivity index (χ0) is 15.4. The molecule has 0 spiro atoms. The molecule has 8 heteroatoms. The predicted molar refractivity (Wildman–Crippen MR) is 72.4 cm³/mol. The maximum atomic E-state index is 12.0. The van der Waals surface area contributed by atoms with Crippen molar-refractivity contribution in [2.24, 2.45) is 11.8 Å². The quantitative estimate of drug-likeness (QED) is 0.591. The Morgan fingerprint density at radius 1 is 1.14 bits per heavy atom. The maximum Gasteiger partial charge on any atom is 0.305 e. The number of allylic oxidation sites excluding steroid dienone is 2. The Morgan fingerprint density at radius 3 is 2.38 bits per heavy atom. The number of hydrogen-bond acceptors (Lipinski definition) is 5. The van der Waals surface area contributed by atoms with Gasteiger partial charge in [-0.25, -0.2) is 0 Å². The summed E-state index contributed by atoms with van der Waals surface area (Å²) in [5.41, 5.74) is 4.38. The average molecular weight is 356 g/mol. The van der Waals surface area contributed by atoms with Crippen LogP contribution in [0.3, 0.4) is 0 Å². The number of carbonyl (C=O) groups excluding carboxylic acids is 3. The van der Waals surface area contributed by atoms with Crippen LogP contribution in [0, 0.1) is 11.8 Å². The van der Waals surface area contributed by atoms with Gasteiger partial charge in [-0.1, -0.05) is 12.2 Å². The van der Waals surface area contributed by atoms with Crippen molar-refractivity contribution in [1.29, 1.82) is 0 Å². The van der Waals surface area contributed by atoms with Gasteiger partial charge in [0.2, 0.25) is 5.91 Å². The molecule has 1 aliphatic rings. The van der Waals surface area contributed by atoms with Gasteiger partial charge in [0.15, 0.2) is 10.4 Å². The molecule has 7 nitrogen and oxygen atoms in total. The van der Waals surface area contributed by atoms with Gasteiger partial charge in [-0.05, 0) is 40.9 Å². The first-order valence-corrected chi connectivity index (χ1v) is 6.99. The number of carbonyl (C=O) groups is 3. The van der Waals surface area contributed by atoms with Crippen molar-refractivity contribution < 1.29 is 23.9 Å². The summed E-state index contributed by atoms with van der Waals surface area (Å²) in [6.45, 7) is 0. The van der Waals surface area contributed by atoms with Crippen molar-refractivity contribution in [3.63, 3.8) is 0 Å². The number of furan rings is 1. The third kappa shape index (κ3) is 3.72. The monoisotopic (exact) mass is 355 g/mol. The van der Waals surface area contributed by atoms with Crippen LogP contribution in [0.1, 0.15) is 23.4 Å². The van der Waals surface area contributed by atoms with Gasteiger partial charge in [0.05, 0.1) is 5.92 Å². The van der Waals surface area contributed by atoms with E-state index in [1.165, 1.54) is 12.1 Å². The highest BCUT2D eigenvalue weighted by Crippen LogP contribution is 2.25. The third-order valence-corrected chi connectivity index (χ3v) is 3.59. The van der Waals surface area contributed by atoms with Crippen LogP contribution in [0.25, 0.3) is 0 Å². The van der Waals surface area contributed by atoms with Gasteiger partial charge in [-0.15, -0.1) is 0 Å². The molecular formula is C13H12BrN2O5-. The van der Waals surface area contributed by atoms with Crippen LogP contribution in [0.15, 0.2) is 33.4 Å². The fourth-order valence-corrected chi connectivity index (χ4v) is 2.38. The molecule has 0 fully saturated rings. The van der Waals surface area contributed by atoms with E-state index in [1.807, 2.05) is 0 Å². The SMILES string of the molecule is O=C(NNC(=O)[C@H]1CC=CC[C@H]1C(=O)[O-])c1ccc(Br)o1. The molecular weight excluding hydrogens is 344 g/mol. The van der Waals surface area contributed by atoms with E-state index in [0.29, 0.717) is 4.67 Å². The summed E-state index contributed by atoms with van der Waals surface area (Å²) in [4.78, 5) is 34.6. The molecule has 0 aromatic carbocycles. The van der Waals surface area contributed by atoms with Gasteiger partial charge in [0, 0.05) is 11.9 Å². The lowest BCUT2D eigenvalue weighted by molar-refractivity contribution is -0.313. The van der Waals surface area contributed by atoms with Gasteiger partial charge in [-0.2, -0.15) is 0 Å². The Kier molecular flexibility index (Phi) is 4.79. The predicted octanol–water partition coefficient (Wildman–Crippen LogP) is 0.135. The molecule has 0 saturated heterocycles. The maximum absolute atomic E-state index is 12.0. The molecule has 2 atom stereocenters. The third-order valence-electron chi connectivity index (χ3n) is 3.17. The van der Waals surface area contributed by atoms with Crippen LogP contribution in [0.4, 0.5) is 0 Å². The number of halogens is 1. The molecule has 21 heavy (non-hydrogen) atoms. The van der Waals surface area contributed by atoms with Crippen molar-refractivity contribution in [2.75, 3.05) is 0 Å². The number of carboxylic acids is 1. The first-order valence-electron chi connectivity index (χ1n) is 6.20. The van der Waals surface area contributed by atoms with E-state index in [1.54, 1.807) is 12.2 Å². The van der Waals surface area contributed by atoms with E-state index in [0.717, 1.165) is 0 Å². The Balaban J connectivity index is 1.93. The fourth-order valence-electron chi connectivity index (χ4n) is 2.07. The minimum Gasteiger partial charge on any atom is -0.550 e. The van der Waals surface area contributed by atoms with Crippen molar-refractivity contribution in [3.05, 3.63) is 34.7 Å². The van der Waals surface area contributed by atoms with Crippen molar-refractivity contribution in [2.45, 2.75) is 12.8 Å². The van der Waals surface area contributed by atoms with E-state index >= 15 is 0 Å². The smallest absolute Gasteiger partial charge is 0.305 e. The van der Waals surface area contributed by atoms with Gasteiger partial charge in [-0.3, -0.25) is 20.4 Å². The van der Waals surface area contributed by atoms with Crippen LogP contribution in [0.2, 0.25) is 0 Å². The second-order valence-electron chi connectivity index (χ2n) is 4.52. The molecule has 0 unspecified atom stereocenters. The highest BCUT2D eigenvalue weighted by atomic mass is 79.9. The molecule has 2 N–H and O–H groups in total. The fraction of sp³-hybridized carbons (Fsp3) is 0.308. The van der Waals surface area contributed by atoms with Crippen molar-refractivity contribution in [1.82, 2.24) is 10.9 Å². The van der Waals surface area contributed by atoms with Crippen molar-refractivity contribution in [3.8, 4) is 0 Å². The van der Waals surface area contributed by atoms with E-state index in [2.05, 4.69) is 26.8 Å². The molecule has 0 saturated carbocycles. The minimum atomic E-state index is -1.28. The van der Waals surface area contributed by atoms with E-state index < -0.39 is 29.6 Å². The summed E-state index contributed by atoms with van der Waals surface area (Å²) in [7, 11) is 0. The topological polar surface area (TPSA) is 111 Å². The van der Waals surface area contributed by atoms with Gasteiger partial charge in [0.1, 0.15) is 0 Å². The Hall–Kier alpha value is -2.09. The zero-order valence-electron chi connectivity index (χ0n) is 10.8. The first-order chi connectivity index (χ1) is 9.99. The molecule has 0 aliphatic heterocycles. The minimum absolute atomic E-state index is 0.0159. The molecule has 1 aromatic heterocycles. The molecule has 112 valence electrons. The highest BCUT2D eigenvalue weighted by molar-refractivity contribution is 9.10. The number of aliphatic carboxylic acids is 1. The lowest BCUT2D eigenvalue weighted by Crippen LogP contribution is -2.49. The van der Waals surface area contributed by atoms with Crippen molar-refractivity contribution >= 4 is 33.7 Å². The first kappa shape index (κ1) is 15.3. The molecule has 2 rings (SSSR count). The summed E-state index contributed by atoms with van der Waals surface area (Å²) < 4.78 is 5.40. The number of hydrogen-bond donors (Lipinski definition) is 2.